The molecule has 96 valence electrons. The first-order valence-electron chi connectivity index (χ1n) is 5.69. The molecular weight excluding hydrogens is 250 g/mol. The van der Waals surface area contributed by atoms with Crippen LogP contribution in [0.15, 0.2) is 39.8 Å². The smallest absolute Gasteiger partial charge is 0.346 e. The van der Waals surface area contributed by atoms with Gasteiger partial charge in [-0.1, -0.05) is 23.9 Å². The molecule has 0 saturated carbocycles. The minimum atomic E-state index is -0.309. The Morgan fingerprint density at radius 1 is 1.39 bits per heavy atom. The molecule has 2 rings (SSSR count). The number of rotatable bonds is 4. The Kier molecular flexibility index (Phi) is 4.28. The van der Waals surface area contributed by atoms with Gasteiger partial charge in [0.1, 0.15) is 4.91 Å². The number of ether oxygens (including phenoxy) is 2. The number of thioether (sulfide) groups is 1. The highest BCUT2D eigenvalue weighted by Gasteiger charge is 2.24. The molecule has 0 radical (unpaired) electrons. The van der Waals surface area contributed by atoms with E-state index in [4.69, 9.17) is 9.47 Å². The average Bonchev–Trinajstić information content (AvgIpc) is 2.38. The van der Waals surface area contributed by atoms with E-state index in [1.54, 1.807) is 14.0 Å². The van der Waals surface area contributed by atoms with Crippen molar-refractivity contribution in [2.45, 2.75) is 11.8 Å². The topological polar surface area (TPSA) is 47.6 Å². The van der Waals surface area contributed by atoms with Gasteiger partial charge in [-0.2, -0.15) is 0 Å². The Morgan fingerprint density at radius 2 is 2.17 bits per heavy atom. The van der Waals surface area contributed by atoms with E-state index in [9.17, 15) is 4.79 Å². The second kappa shape index (κ2) is 5.93. The summed E-state index contributed by atoms with van der Waals surface area (Å²) in [6, 6.07) is 7.83. The van der Waals surface area contributed by atoms with Crippen molar-refractivity contribution < 1.29 is 14.3 Å². The van der Waals surface area contributed by atoms with Gasteiger partial charge in [-0.25, -0.2) is 4.79 Å². The number of fused-ring (bicyclic) bond motifs is 1. The van der Waals surface area contributed by atoms with E-state index in [1.165, 1.54) is 11.8 Å². The van der Waals surface area contributed by atoms with Gasteiger partial charge in [0.2, 0.25) is 0 Å². The van der Waals surface area contributed by atoms with Crippen molar-refractivity contribution in [3.63, 3.8) is 0 Å². The zero-order valence-electron chi connectivity index (χ0n) is 10.4. The van der Waals surface area contributed by atoms with Crippen molar-refractivity contribution in [1.82, 2.24) is 0 Å². The number of esters is 1. The van der Waals surface area contributed by atoms with Gasteiger partial charge in [-0.3, -0.25) is 0 Å². The fraction of sp³-hybridized carbons (Fsp3) is 0.308. The number of nitrogens with one attached hydrogen (secondary N) is 1. The fourth-order valence-corrected chi connectivity index (χ4v) is 2.63. The third-order valence-electron chi connectivity index (χ3n) is 2.41. The number of benzene rings is 1. The third kappa shape index (κ3) is 2.68. The molecule has 0 saturated heterocycles. The minimum Gasteiger partial charge on any atom is -0.462 e. The summed E-state index contributed by atoms with van der Waals surface area (Å²) in [6.45, 7) is 2.52. The van der Waals surface area contributed by atoms with Gasteiger partial charge >= 0.3 is 5.97 Å². The van der Waals surface area contributed by atoms with Crippen LogP contribution >= 0.6 is 11.8 Å². The van der Waals surface area contributed by atoms with Crippen molar-refractivity contribution in [3.8, 4) is 0 Å². The number of carbonyl (C=O) groups excluding carboxylic acids is 1. The molecule has 0 aliphatic carbocycles. The number of hydrogen-bond acceptors (Lipinski definition) is 5. The molecule has 18 heavy (non-hydrogen) atoms. The number of hydrogen-bond donors (Lipinski definition) is 1. The first kappa shape index (κ1) is 13.0. The molecule has 0 aromatic heterocycles. The van der Waals surface area contributed by atoms with E-state index in [0.29, 0.717) is 18.1 Å². The summed E-state index contributed by atoms with van der Waals surface area (Å²) in [5.74, 6) is -0.309. The van der Waals surface area contributed by atoms with Gasteiger partial charge in [-0.15, -0.1) is 0 Å². The SMILES string of the molecule is CCOC(=O)C1=C(COC)Nc2ccccc2S1. The number of anilines is 1. The van der Waals surface area contributed by atoms with Gasteiger partial charge in [0, 0.05) is 12.0 Å². The monoisotopic (exact) mass is 265 g/mol. The molecule has 0 atom stereocenters. The predicted molar refractivity (Wildman–Crippen MR) is 71.5 cm³/mol. The molecule has 5 heteroatoms. The first-order valence-corrected chi connectivity index (χ1v) is 6.51. The maximum Gasteiger partial charge on any atom is 0.346 e. The van der Waals surface area contributed by atoms with E-state index in [0.717, 1.165) is 16.3 Å². The van der Waals surface area contributed by atoms with Crippen molar-refractivity contribution in [3.05, 3.63) is 34.9 Å². The van der Waals surface area contributed by atoms with Crippen LogP contribution in [-0.4, -0.2) is 26.3 Å². The third-order valence-corrected chi connectivity index (χ3v) is 3.60. The van der Waals surface area contributed by atoms with E-state index in [2.05, 4.69) is 5.32 Å². The molecule has 0 spiro atoms. The van der Waals surface area contributed by atoms with Gasteiger partial charge in [0.25, 0.3) is 0 Å². The molecular formula is C13H15NO3S. The van der Waals surface area contributed by atoms with Gasteiger partial charge in [0.05, 0.1) is 24.6 Å². The molecule has 0 unspecified atom stereocenters. The van der Waals surface area contributed by atoms with Crippen LogP contribution < -0.4 is 5.32 Å². The van der Waals surface area contributed by atoms with Crippen LogP contribution in [0.5, 0.6) is 0 Å². The highest BCUT2D eigenvalue weighted by molar-refractivity contribution is 8.04. The number of para-hydroxylation sites is 1. The van der Waals surface area contributed by atoms with Crippen LogP contribution in [0.2, 0.25) is 0 Å². The molecule has 1 aromatic carbocycles. The lowest BCUT2D eigenvalue weighted by Gasteiger charge is -2.22. The van der Waals surface area contributed by atoms with E-state index >= 15 is 0 Å². The molecule has 1 aliphatic rings. The number of carbonyl (C=O) groups is 1. The van der Waals surface area contributed by atoms with Crippen LogP contribution in [0.4, 0.5) is 5.69 Å². The summed E-state index contributed by atoms with van der Waals surface area (Å²) >= 11 is 1.42. The second-order valence-corrected chi connectivity index (χ2v) is 4.74. The zero-order valence-corrected chi connectivity index (χ0v) is 11.2. The highest BCUT2D eigenvalue weighted by Crippen LogP contribution is 2.39. The zero-order chi connectivity index (χ0) is 13.0. The number of methoxy groups -OCH3 is 1. The van der Waals surface area contributed by atoms with Crippen LogP contribution in [0.25, 0.3) is 0 Å². The largest absolute Gasteiger partial charge is 0.462 e. The Hall–Kier alpha value is -1.46. The van der Waals surface area contributed by atoms with Crippen LogP contribution in [0.1, 0.15) is 6.92 Å². The summed E-state index contributed by atoms with van der Waals surface area (Å²) < 4.78 is 10.2. The van der Waals surface area contributed by atoms with Crippen LogP contribution in [0, 0.1) is 0 Å². The Morgan fingerprint density at radius 3 is 2.89 bits per heavy atom. The van der Waals surface area contributed by atoms with Crippen molar-refractivity contribution in [2.24, 2.45) is 0 Å². The lowest BCUT2D eigenvalue weighted by Crippen LogP contribution is -2.18. The highest BCUT2D eigenvalue weighted by atomic mass is 32.2. The maximum atomic E-state index is 11.9. The Labute approximate surface area is 110 Å². The van der Waals surface area contributed by atoms with E-state index in [1.807, 2.05) is 24.3 Å². The van der Waals surface area contributed by atoms with E-state index < -0.39 is 0 Å². The summed E-state index contributed by atoms with van der Waals surface area (Å²) in [6.07, 6.45) is 0. The lowest BCUT2D eigenvalue weighted by atomic mass is 10.3. The summed E-state index contributed by atoms with van der Waals surface area (Å²) in [5.41, 5.74) is 1.74. The normalized spacial score (nSPS) is 13.9. The second-order valence-electron chi connectivity index (χ2n) is 3.68. The molecule has 0 amide bonds. The van der Waals surface area contributed by atoms with Crippen LogP contribution in [-0.2, 0) is 14.3 Å². The average molecular weight is 265 g/mol. The summed E-state index contributed by atoms with van der Waals surface area (Å²) in [5, 5.41) is 3.22. The molecule has 1 heterocycles. The van der Waals surface area contributed by atoms with Crippen molar-refractivity contribution in [2.75, 3.05) is 25.6 Å². The minimum absolute atomic E-state index is 0.309. The van der Waals surface area contributed by atoms with Crippen molar-refractivity contribution in [1.29, 1.82) is 0 Å². The lowest BCUT2D eigenvalue weighted by molar-refractivity contribution is -0.137. The summed E-state index contributed by atoms with van der Waals surface area (Å²) in [4.78, 5) is 13.5. The summed E-state index contributed by atoms with van der Waals surface area (Å²) in [7, 11) is 1.60. The Balaban J connectivity index is 2.30. The molecule has 4 nitrogen and oxygen atoms in total. The van der Waals surface area contributed by atoms with Gasteiger partial charge in [0.15, 0.2) is 0 Å². The quantitative estimate of drug-likeness (QED) is 0.848. The van der Waals surface area contributed by atoms with Gasteiger partial charge in [-0.05, 0) is 19.1 Å². The predicted octanol–water partition coefficient (Wildman–Crippen LogP) is 2.63. The maximum absolute atomic E-state index is 11.9. The fourth-order valence-electron chi connectivity index (χ4n) is 1.66. The van der Waals surface area contributed by atoms with E-state index in [-0.39, 0.29) is 5.97 Å². The molecule has 1 aliphatic heterocycles. The van der Waals surface area contributed by atoms with Gasteiger partial charge < -0.3 is 14.8 Å². The molecule has 1 N–H and O–H groups in total. The van der Waals surface area contributed by atoms with Crippen LogP contribution in [0.3, 0.4) is 0 Å². The Bertz CT molecular complexity index is 485. The van der Waals surface area contributed by atoms with Crippen molar-refractivity contribution >= 4 is 23.4 Å². The molecule has 0 fully saturated rings. The first-order chi connectivity index (χ1) is 8.76. The molecule has 1 aromatic rings. The molecule has 0 bridgehead atoms. The standard InChI is InChI=1S/C13H15NO3S/c1-3-17-13(15)12-10(8-16-2)14-9-6-4-5-7-11(9)18-12/h4-7,14H,3,8H2,1-2H3.